The number of hydrogen-bond acceptors (Lipinski definition) is 4. The summed E-state index contributed by atoms with van der Waals surface area (Å²) in [5.41, 5.74) is 2.64. The first-order valence-electron chi connectivity index (χ1n) is 9.06. The largest absolute Gasteiger partial charge is 0.457 e. The molecule has 0 radical (unpaired) electrons. The summed E-state index contributed by atoms with van der Waals surface area (Å²) in [6, 6.07) is 16.3. The van der Waals surface area contributed by atoms with E-state index in [1.54, 1.807) is 61.5 Å². The molecule has 0 fully saturated rings. The summed E-state index contributed by atoms with van der Waals surface area (Å²) in [5.74, 6) is -1.42. The van der Waals surface area contributed by atoms with Crippen LogP contribution in [0.1, 0.15) is 42.2 Å². The van der Waals surface area contributed by atoms with Crippen LogP contribution in [0, 0.1) is 6.92 Å². The van der Waals surface area contributed by atoms with Crippen LogP contribution in [0.5, 0.6) is 0 Å². The normalized spacial score (nSPS) is 12.8. The van der Waals surface area contributed by atoms with Gasteiger partial charge in [0.15, 0.2) is 0 Å². The molecule has 1 heterocycles. The number of amides is 2. The lowest BCUT2D eigenvalue weighted by Gasteiger charge is -2.17. The summed E-state index contributed by atoms with van der Waals surface area (Å²) in [6.45, 7) is 1.77. The molecule has 0 aliphatic carbocycles. The maximum Gasteiger partial charge on any atom is 0.338 e. The highest BCUT2D eigenvalue weighted by molar-refractivity contribution is 6.42. The third-order valence-electron chi connectivity index (χ3n) is 4.83. The minimum Gasteiger partial charge on any atom is -0.457 e. The highest BCUT2D eigenvalue weighted by Gasteiger charge is 2.37. The van der Waals surface area contributed by atoms with Gasteiger partial charge in [-0.25, -0.2) is 9.69 Å². The van der Waals surface area contributed by atoms with E-state index in [-0.39, 0.29) is 12.2 Å². The standard InChI is InChI=1S/C23H15Cl2NO4/c1-13-6-8-15(23(29)30-12-14-7-9-18(24)19(25)10-14)11-20(13)26-21(27)16-4-2-3-5-17(16)22(26)28/h2-11H,12H2,1H3. The molecule has 1 aliphatic rings. The predicted molar refractivity (Wildman–Crippen MR) is 114 cm³/mol. The van der Waals surface area contributed by atoms with E-state index in [1.807, 2.05) is 0 Å². The van der Waals surface area contributed by atoms with Crippen molar-refractivity contribution in [3.05, 3.63) is 98.5 Å². The average Bonchev–Trinajstić information content (AvgIpc) is 3.00. The van der Waals surface area contributed by atoms with Crippen molar-refractivity contribution >= 4 is 46.7 Å². The van der Waals surface area contributed by atoms with Gasteiger partial charge >= 0.3 is 5.97 Å². The smallest absolute Gasteiger partial charge is 0.338 e. The molecule has 0 spiro atoms. The van der Waals surface area contributed by atoms with Crippen LogP contribution in [0.2, 0.25) is 10.0 Å². The summed E-state index contributed by atoms with van der Waals surface area (Å²) in [5, 5.41) is 0.782. The molecular weight excluding hydrogens is 425 g/mol. The molecule has 0 saturated heterocycles. The van der Waals surface area contributed by atoms with Gasteiger partial charge in [0, 0.05) is 0 Å². The molecule has 0 atom stereocenters. The Morgan fingerprint density at radius 2 is 1.57 bits per heavy atom. The molecule has 0 saturated carbocycles. The Morgan fingerprint density at radius 3 is 2.20 bits per heavy atom. The SMILES string of the molecule is Cc1ccc(C(=O)OCc2ccc(Cl)c(Cl)c2)cc1N1C(=O)c2ccccc2C1=O. The molecule has 0 unspecified atom stereocenters. The topological polar surface area (TPSA) is 63.7 Å². The number of imide groups is 1. The second-order valence-corrected chi connectivity index (χ2v) is 7.63. The molecular formula is C23H15Cl2NO4. The van der Waals surface area contributed by atoms with Crippen LogP contribution in [0.15, 0.2) is 60.7 Å². The molecule has 3 aromatic carbocycles. The van der Waals surface area contributed by atoms with Gasteiger partial charge in [0.05, 0.1) is 32.4 Å². The van der Waals surface area contributed by atoms with E-state index in [1.165, 1.54) is 6.07 Å². The van der Waals surface area contributed by atoms with E-state index in [4.69, 9.17) is 27.9 Å². The fourth-order valence-electron chi connectivity index (χ4n) is 3.25. The Bertz CT molecular complexity index is 1170. The van der Waals surface area contributed by atoms with E-state index in [2.05, 4.69) is 0 Å². The number of benzene rings is 3. The Hall–Kier alpha value is -3.15. The van der Waals surface area contributed by atoms with Crippen molar-refractivity contribution in [1.29, 1.82) is 0 Å². The summed E-state index contributed by atoms with van der Waals surface area (Å²) < 4.78 is 5.35. The number of esters is 1. The highest BCUT2D eigenvalue weighted by atomic mass is 35.5. The van der Waals surface area contributed by atoms with Crippen molar-refractivity contribution in [3.8, 4) is 0 Å². The maximum absolute atomic E-state index is 12.8. The lowest BCUT2D eigenvalue weighted by molar-refractivity contribution is 0.0472. The van der Waals surface area contributed by atoms with Gasteiger partial charge in [-0.15, -0.1) is 0 Å². The van der Waals surface area contributed by atoms with Gasteiger partial charge in [-0.2, -0.15) is 0 Å². The number of hydrogen-bond donors (Lipinski definition) is 0. The van der Waals surface area contributed by atoms with E-state index < -0.39 is 17.8 Å². The van der Waals surface area contributed by atoms with Gasteiger partial charge in [0.25, 0.3) is 11.8 Å². The predicted octanol–water partition coefficient (Wildman–Crippen LogP) is 5.46. The van der Waals surface area contributed by atoms with E-state index >= 15 is 0 Å². The molecule has 0 aromatic heterocycles. The number of ether oxygens (including phenoxy) is 1. The molecule has 5 nitrogen and oxygen atoms in total. The summed E-state index contributed by atoms with van der Waals surface area (Å²) in [7, 11) is 0. The zero-order chi connectivity index (χ0) is 21.4. The van der Waals surface area contributed by atoms with Crippen molar-refractivity contribution in [2.75, 3.05) is 4.90 Å². The van der Waals surface area contributed by atoms with Crippen molar-refractivity contribution in [2.24, 2.45) is 0 Å². The Balaban J connectivity index is 1.58. The fraction of sp³-hybridized carbons (Fsp3) is 0.0870. The molecule has 4 rings (SSSR count). The van der Waals surface area contributed by atoms with Crippen LogP contribution < -0.4 is 4.90 Å². The summed E-state index contributed by atoms with van der Waals surface area (Å²) in [6.07, 6.45) is 0. The summed E-state index contributed by atoms with van der Waals surface area (Å²) >= 11 is 11.9. The van der Waals surface area contributed by atoms with Crippen molar-refractivity contribution in [1.82, 2.24) is 0 Å². The third-order valence-corrected chi connectivity index (χ3v) is 5.57. The molecule has 3 aromatic rings. The minimum absolute atomic E-state index is 0.00590. The van der Waals surface area contributed by atoms with Gasteiger partial charge in [-0.3, -0.25) is 9.59 Å². The van der Waals surface area contributed by atoms with Gasteiger partial charge in [-0.05, 0) is 54.4 Å². The monoisotopic (exact) mass is 439 g/mol. The van der Waals surface area contributed by atoms with Gasteiger partial charge < -0.3 is 4.74 Å². The van der Waals surface area contributed by atoms with Crippen LogP contribution in [0.4, 0.5) is 5.69 Å². The van der Waals surface area contributed by atoms with Crippen LogP contribution in [0.25, 0.3) is 0 Å². The number of aryl methyl sites for hydroxylation is 1. The Morgan fingerprint density at radius 1 is 0.900 bits per heavy atom. The molecule has 1 aliphatic heterocycles. The van der Waals surface area contributed by atoms with Crippen LogP contribution in [-0.4, -0.2) is 17.8 Å². The zero-order valence-corrected chi connectivity index (χ0v) is 17.3. The summed E-state index contributed by atoms with van der Waals surface area (Å²) in [4.78, 5) is 39.2. The minimum atomic E-state index is -0.584. The lowest BCUT2D eigenvalue weighted by Crippen LogP contribution is -2.30. The first kappa shape index (κ1) is 20.1. The second kappa shape index (κ2) is 7.94. The van der Waals surface area contributed by atoms with Gasteiger partial charge in [-0.1, -0.05) is 47.5 Å². The van der Waals surface area contributed by atoms with E-state index in [0.717, 1.165) is 4.90 Å². The lowest BCUT2D eigenvalue weighted by atomic mass is 10.1. The number of carbonyl (C=O) groups excluding carboxylic acids is 3. The van der Waals surface area contributed by atoms with Crippen molar-refractivity contribution in [2.45, 2.75) is 13.5 Å². The average molecular weight is 440 g/mol. The third kappa shape index (κ3) is 3.58. The fourth-order valence-corrected chi connectivity index (χ4v) is 3.57. The Labute approximate surface area is 182 Å². The highest BCUT2D eigenvalue weighted by Crippen LogP contribution is 2.31. The van der Waals surface area contributed by atoms with Crippen LogP contribution >= 0.6 is 23.2 Å². The quantitative estimate of drug-likeness (QED) is 0.399. The van der Waals surface area contributed by atoms with Crippen LogP contribution in [-0.2, 0) is 11.3 Å². The number of carbonyl (C=O) groups is 3. The molecule has 7 heteroatoms. The molecule has 0 N–H and O–H groups in total. The Kier molecular flexibility index (Phi) is 5.33. The number of fused-ring (bicyclic) bond motifs is 1. The molecule has 30 heavy (non-hydrogen) atoms. The first-order chi connectivity index (χ1) is 14.4. The zero-order valence-electron chi connectivity index (χ0n) is 15.8. The molecule has 150 valence electrons. The number of rotatable bonds is 4. The molecule has 0 bridgehead atoms. The number of halogens is 2. The van der Waals surface area contributed by atoms with Gasteiger partial charge in [0.1, 0.15) is 6.61 Å². The van der Waals surface area contributed by atoms with Crippen LogP contribution in [0.3, 0.4) is 0 Å². The van der Waals surface area contributed by atoms with Crippen molar-refractivity contribution < 1.29 is 19.1 Å². The molecule has 2 amide bonds. The van der Waals surface area contributed by atoms with E-state index in [0.29, 0.717) is 38.0 Å². The number of anilines is 1. The van der Waals surface area contributed by atoms with Crippen molar-refractivity contribution in [3.63, 3.8) is 0 Å². The second-order valence-electron chi connectivity index (χ2n) is 6.82. The maximum atomic E-state index is 12.8. The number of nitrogens with zero attached hydrogens (tertiary/aromatic N) is 1. The van der Waals surface area contributed by atoms with E-state index in [9.17, 15) is 14.4 Å². The first-order valence-corrected chi connectivity index (χ1v) is 9.82. The van der Waals surface area contributed by atoms with Gasteiger partial charge in [0.2, 0.25) is 0 Å².